The molecule has 2 N–H and O–H groups in total. The molecule has 98 valence electrons. The number of piperidine rings is 1. The van der Waals surface area contributed by atoms with E-state index in [1.807, 2.05) is 0 Å². The average Bonchev–Trinajstić information content (AvgIpc) is 2.76. The molecular weight excluding hydrogens is 212 g/mol. The van der Waals surface area contributed by atoms with Gasteiger partial charge in [0.1, 0.15) is 0 Å². The molecule has 2 rings (SSSR count). The van der Waals surface area contributed by atoms with Crippen molar-refractivity contribution in [3.8, 4) is 0 Å². The maximum Gasteiger partial charge on any atom is 0.227 e. The molecule has 17 heavy (non-hydrogen) atoms. The summed E-state index contributed by atoms with van der Waals surface area (Å²) in [5, 5.41) is 0. The molecular formula is C14H26N2O. The maximum atomic E-state index is 12.3. The van der Waals surface area contributed by atoms with Crippen LogP contribution in [0.25, 0.3) is 0 Å². The summed E-state index contributed by atoms with van der Waals surface area (Å²) in [6.07, 6.45) is 8.15. The molecule has 2 aliphatic rings. The molecule has 3 nitrogen and oxygen atoms in total. The first-order valence-corrected chi connectivity index (χ1v) is 7.26. The van der Waals surface area contributed by atoms with Crippen LogP contribution in [0.3, 0.4) is 0 Å². The Morgan fingerprint density at radius 3 is 2.47 bits per heavy atom. The van der Waals surface area contributed by atoms with Gasteiger partial charge in [-0.15, -0.1) is 0 Å². The highest BCUT2D eigenvalue weighted by Gasteiger charge is 2.34. The first kappa shape index (κ1) is 12.9. The van der Waals surface area contributed by atoms with Crippen molar-refractivity contribution in [2.24, 2.45) is 17.6 Å². The van der Waals surface area contributed by atoms with E-state index in [1.54, 1.807) is 0 Å². The highest BCUT2D eigenvalue weighted by molar-refractivity contribution is 5.80. The second-order valence-electron chi connectivity index (χ2n) is 5.76. The van der Waals surface area contributed by atoms with Gasteiger partial charge in [0, 0.05) is 19.1 Å². The van der Waals surface area contributed by atoms with E-state index < -0.39 is 0 Å². The van der Waals surface area contributed by atoms with Gasteiger partial charge in [-0.3, -0.25) is 4.79 Å². The Kier molecular flexibility index (Phi) is 4.43. The molecule has 0 radical (unpaired) electrons. The normalized spacial score (nSPS) is 30.8. The van der Waals surface area contributed by atoms with E-state index in [-0.39, 0.29) is 12.0 Å². The number of nitrogens with zero attached hydrogens (tertiary/aromatic N) is 1. The zero-order valence-corrected chi connectivity index (χ0v) is 11.0. The number of nitrogens with two attached hydrogens (primary N) is 1. The highest BCUT2D eigenvalue weighted by Crippen LogP contribution is 2.28. The van der Waals surface area contributed by atoms with Crippen LogP contribution in [0.1, 0.15) is 51.9 Å². The molecule has 1 amide bonds. The van der Waals surface area contributed by atoms with Gasteiger partial charge in [-0.25, -0.2) is 0 Å². The molecule has 1 heterocycles. The zero-order chi connectivity index (χ0) is 12.3. The summed E-state index contributed by atoms with van der Waals surface area (Å²) in [7, 11) is 0. The molecule has 0 aromatic carbocycles. The molecule has 0 spiro atoms. The molecule has 1 aliphatic heterocycles. The van der Waals surface area contributed by atoms with E-state index in [4.69, 9.17) is 5.73 Å². The lowest BCUT2D eigenvalue weighted by molar-refractivity contribution is -0.137. The van der Waals surface area contributed by atoms with Crippen molar-refractivity contribution in [3.63, 3.8) is 0 Å². The van der Waals surface area contributed by atoms with E-state index in [1.165, 1.54) is 25.7 Å². The maximum absolute atomic E-state index is 12.3. The van der Waals surface area contributed by atoms with E-state index in [9.17, 15) is 4.79 Å². The fourth-order valence-electron chi connectivity index (χ4n) is 3.38. The van der Waals surface area contributed by atoms with Crippen LogP contribution < -0.4 is 5.73 Å². The van der Waals surface area contributed by atoms with E-state index in [0.717, 1.165) is 38.3 Å². The standard InChI is InChI=1S/C14H26N2O/c1-2-4-11-7-9-16(10-8-11)14(17)12-5-3-6-13(12)15/h11-13H,2-10,15H2,1H3. The second kappa shape index (κ2) is 5.85. The van der Waals surface area contributed by atoms with Crippen molar-refractivity contribution >= 4 is 5.91 Å². The number of amides is 1. The Morgan fingerprint density at radius 1 is 1.24 bits per heavy atom. The van der Waals surface area contributed by atoms with Crippen LogP contribution >= 0.6 is 0 Å². The number of rotatable bonds is 3. The predicted molar refractivity (Wildman–Crippen MR) is 69.5 cm³/mol. The van der Waals surface area contributed by atoms with Crippen LogP contribution in [-0.2, 0) is 4.79 Å². The monoisotopic (exact) mass is 238 g/mol. The van der Waals surface area contributed by atoms with Crippen molar-refractivity contribution in [1.82, 2.24) is 4.90 Å². The van der Waals surface area contributed by atoms with Crippen LogP contribution in [0, 0.1) is 11.8 Å². The lowest BCUT2D eigenvalue weighted by atomic mass is 9.91. The molecule has 0 bridgehead atoms. The van der Waals surface area contributed by atoms with Gasteiger partial charge in [0.05, 0.1) is 5.92 Å². The summed E-state index contributed by atoms with van der Waals surface area (Å²) >= 11 is 0. The summed E-state index contributed by atoms with van der Waals surface area (Å²) in [5.41, 5.74) is 6.01. The van der Waals surface area contributed by atoms with E-state index in [2.05, 4.69) is 11.8 Å². The van der Waals surface area contributed by atoms with Gasteiger partial charge in [0.25, 0.3) is 0 Å². The first-order chi connectivity index (χ1) is 8.22. The molecule has 3 heteroatoms. The first-order valence-electron chi connectivity index (χ1n) is 7.26. The smallest absolute Gasteiger partial charge is 0.227 e. The van der Waals surface area contributed by atoms with Gasteiger partial charge in [0.2, 0.25) is 5.91 Å². The van der Waals surface area contributed by atoms with Gasteiger partial charge in [-0.05, 0) is 31.6 Å². The third kappa shape index (κ3) is 3.01. The minimum atomic E-state index is 0.121. The topological polar surface area (TPSA) is 46.3 Å². The van der Waals surface area contributed by atoms with Crippen LogP contribution in [0.15, 0.2) is 0 Å². The molecule has 2 fully saturated rings. The molecule has 1 saturated carbocycles. The summed E-state index contributed by atoms with van der Waals surface area (Å²) in [6.45, 7) is 4.18. The van der Waals surface area contributed by atoms with Crippen molar-refractivity contribution in [3.05, 3.63) is 0 Å². The van der Waals surface area contributed by atoms with Gasteiger partial charge in [0.15, 0.2) is 0 Å². The fraction of sp³-hybridized carbons (Fsp3) is 0.929. The van der Waals surface area contributed by atoms with Crippen LogP contribution in [0.5, 0.6) is 0 Å². The minimum absolute atomic E-state index is 0.121. The van der Waals surface area contributed by atoms with E-state index >= 15 is 0 Å². The van der Waals surface area contributed by atoms with Gasteiger partial charge in [-0.2, -0.15) is 0 Å². The number of hydrogen-bond acceptors (Lipinski definition) is 2. The Bertz CT molecular complexity index is 259. The van der Waals surface area contributed by atoms with Crippen molar-refractivity contribution in [2.45, 2.75) is 57.9 Å². The number of likely N-dealkylation sites (tertiary alicyclic amines) is 1. The Balaban J connectivity index is 1.82. The molecule has 1 saturated heterocycles. The number of hydrogen-bond donors (Lipinski definition) is 1. The number of carbonyl (C=O) groups excluding carboxylic acids is 1. The second-order valence-corrected chi connectivity index (χ2v) is 5.76. The highest BCUT2D eigenvalue weighted by atomic mass is 16.2. The summed E-state index contributed by atoms with van der Waals surface area (Å²) < 4.78 is 0. The quantitative estimate of drug-likeness (QED) is 0.819. The largest absolute Gasteiger partial charge is 0.342 e. The SMILES string of the molecule is CCCC1CCN(C(=O)C2CCCC2N)CC1. The molecule has 2 atom stereocenters. The Morgan fingerprint density at radius 2 is 1.94 bits per heavy atom. The molecule has 2 unspecified atom stereocenters. The minimum Gasteiger partial charge on any atom is -0.342 e. The lowest BCUT2D eigenvalue weighted by Gasteiger charge is -2.34. The third-order valence-corrected chi connectivity index (χ3v) is 4.51. The van der Waals surface area contributed by atoms with Gasteiger partial charge >= 0.3 is 0 Å². The predicted octanol–water partition coefficient (Wildman–Crippen LogP) is 2.15. The Hall–Kier alpha value is -0.570. The molecule has 0 aromatic rings. The van der Waals surface area contributed by atoms with Gasteiger partial charge < -0.3 is 10.6 Å². The van der Waals surface area contributed by atoms with Crippen molar-refractivity contribution in [2.75, 3.05) is 13.1 Å². The third-order valence-electron chi connectivity index (χ3n) is 4.51. The van der Waals surface area contributed by atoms with Crippen LogP contribution in [0.4, 0.5) is 0 Å². The lowest BCUT2D eigenvalue weighted by Crippen LogP contribution is -2.45. The average molecular weight is 238 g/mol. The van der Waals surface area contributed by atoms with E-state index in [0.29, 0.717) is 5.91 Å². The molecule has 0 aromatic heterocycles. The Labute approximate surface area is 105 Å². The van der Waals surface area contributed by atoms with Crippen molar-refractivity contribution in [1.29, 1.82) is 0 Å². The summed E-state index contributed by atoms with van der Waals surface area (Å²) in [5.74, 6) is 1.31. The zero-order valence-electron chi connectivity index (χ0n) is 11.0. The van der Waals surface area contributed by atoms with Crippen LogP contribution in [0.2, 0.25) is 0 Å². The number of carbonyl (C=O) groups is 1. The van der Waals surface area contributed by atoms with Crippen molar-refractivity contribution < 1.29 is 4.79 Å². The summed E-state index contributed by atoms with van der Waals surface area (Å²) in [4.78, 5) is 14.4. The fourth-order valence-corrected chi connectivity index (χ4v) is 3.38. The van der Waals surface area contributed by atoms with Crippen LogP contribution in [-0.4, -0.2) is 29.9 Å². The molecule has 1 aliphatic carbocycles. The van der Waals surface area contributed by atoms with Gasteiger partial charge in [-0.1, -0.05) is 26.2 Å². The summed E-state index contributed by atoms with van der Waals surface area (Å²) in [6, 6.07) is 0.121.